The molecule has 1 heteroatoms. The first-order valence-electron chi connectivity index (χ1n) is 5.42. The first kappa shape index (κ1) is 8.10. The van der Waals surface area contributed by atoms with Gasteiger partial charge in [-0.15, -0.1) is 0 Å². The van der Waals surface area contributed by atoms with Crippen LogP contribution in [0.25, 0.3) is 0 Å². The number of benzene rings is 1. The highest BCUT2D eigenvalue weighted by atomic mass is 14.9. The SMILES string of the molecule is C1=CC2CC1CC2Nc1ccccc1. The molecule has 2 aliphatic rings. The number of anilines is 1. The van der Waals surface area contributed by atoms with E-state index in [0.29, 0.717) is 6.04 Å². The minimum Gasteiger partial charge on any atom is -0.382 e. The van der Waals surface area contributed by atoms with E-state index in [1.165, 1.54) is 18.5 Å². The molecule has 3 atom stereocenters. The van der Waals surface area contributed by atoms with Crippen LogP contribution < -0.4 is 5.32 Å². The third-order valence-electron chi connectivity index (χ3n) is 3.40. The Morgan fingerprint density at radius 3 is 2.50 bits per heavy atom. The summed E-state index contributed by atoms with van der Waals surface area (Å²) in [6, 6.07) is 11.2. The van der Waals surface area contributed by atoms with Gasteiger partial charge < -0.3 is 5.32 Å². The predicted octanol–water partition coefficient (Wildman–Crippen LogP) is 3.06. The second-order valence-electron chi connectivity index (χ2n) is 4.40. The summed E-state index contributed by atoms with van der Waals surface area (Å²) in [5.41, 5.74) is 1.26. The van der Waals surface area contributed by atoms with E-state index in [-0.39, 0.29) is 0 Å². The van der Waals surface area contributed by atoms with E-state index in [0.717, 1.165) is 11.8 Å². The van der Waals surface area contributed by atoms with Crippen molar-refractivity contribution >= 4 is 5.69 Å². The summed E-state index contributed by atoms with van der Waals surface area (Å²) in [5.74, 6) is 1.63. The topological polar surface area (TPSA) is 12.0 Å². The number of fused-ring (bicyclic) bond motifs is 2. The van der Waals surface area contributed by atoms with Crippen molar-refractivity contribution in [3.63, 3.8) is 0 Å². The maximum absolute atomic E-state index is 3.62. The molecule has 0 heterocycles. The summed E-state index contributed by atoms with van der Waals surface area (Å²) in [5, 5.41) is 3.62. The Morgan fingerprint density at radius 2 is 1.86 bits per heavy atom. The van der Waals surface area contributed by atoms with Crippen molar-refractivity contribution in [1.82, 2.24) is 0 Å². The molecule has 0 amide bonds. The summed E-state index contributed by atoms with van der Waals surface area (Å²) >= 11 is 0. The van der Waals surface area contributed by atoms with Crippen molar-refractivity contribution in [2.24, 2.45) is 11.8 Å². The van der Waals surface area contributed by atoms with Crippen molar-refractivity contribution in [3.05, 3.63) is 42.5 Å². The van der Waals surface area contributed by atoms with Crippen LogP contribution in [0.5, 0.6) is 0 Å². The fourth-order valence-corrected chi connectivity index (χ4v) is 2.70. The van der Waals surface area contributed by atoms with Crippen molar-refractivity contribution in [2.45, 2.75) is 18.9 Å². The van der Waals surface area contributed by atoms with Gasteiger partial charge in [-0.3, -0.25) is 0 Å². The van der Waals surface area contributed by atoms with E-state index in [1.54, 1.807) is 0 Å². The van der Waals surface area contributed by atoms with Crippen molar-refractivity contribution in [2.75, 3.05) is 5.32 Å². The zero-order valence-corrected chi connectivity index (χ0v) is 8.19. The molecule has 2 aliphatic carbocycles. The first-order chi connectivity index (χ1) is 6.92. The third kappa shape index (κ3) is 1.33. The molecule has 72 valence electrons. The Hall–Kier alpha value is -1.24. The van der Waals surface area contributed by atoms with Crippen LogP contribution >= 0.6 is 0 Å². The maximum Gasteiger partial charge on any atom is 0.0342 e. The normalized spacial score (nSPS) is 33.6. The Bertz CT molecular complexity index is 342. The fourth-order valence-electron chi connectivity index (χ4n) is 2.70. The zero-order valence-electron chi connectivity index (χ0n) is 8.19. The smallest absolute Gasteiger partial charge is 0.0342 e. The summed E-state index contributed by atoms with van der Waals surface area (Å²) in [4.78, 5) is 0. The first-order valence-corrected chi connectivity index (χ1v) is 5.42. The highest BCUT2D eigenvalue weighted by Crippen LogP contribution is 2.40. The van der Waals surface area contributed by atoms with Gasteiger partial charge in [0.25, 0.3) is 0 Å². The van der Waals surface area contributed by atoms with Crippen LogP contribution in [0.15, 0.2) is 42.5 Å². The molecule has 2 bridgehead atoms. The third-order valence-corrected chi connectivity index (χ3v) is 3.40. The molecule has 0 aromatic heterocycles. The molecule has 1 N–H and O–H groups in total. The van der Waals surface area contributed by atoms with E-state index in [9.17, 15) is 0 Å². The Labute approximate surface area is 84.8 Å². The van der Waals surface area contributed by atoms with Crippen molar-refractivity contribution in [3.8, 4) is 0 Å². The van der Waals surface area contributed by atoms with Crippen LogP contribution in [0, 0.1) is 11.8 Å². The van der Waals surface area contributed by atoms with Crippen LogP contribution in [0.3, 0.4) is 0 Å². The minimum atomic E-state index is 0.674. The van der Waals surface area contributed by atoms with Crippen molar-refractivity contribution in [1.29, 1.82) is 0 Å². The second kappa shape index (κ2) is 3.16. The standard InChI is InChI=1S/C13H15N/c1-2-4-12(5-3-1)14-13-9-10-6-7-11(13)8-10/h1-7,10-11,13-14H,8-9H2. The molecule has 0 spiro atoms. The van der Waals surface area contributed by atoms with Gasteiger partial charge in [-0.2, -0.15) is 0 Å². The van der Waals surface area contributed by atoms with Crippen molar-refractivity contribution < 1.29 is 0 Å². The molecule has 0 aliphatic heterocycles. The molecule has 0 radical (unpaired) electrons. The largest absolute Gasteiger partial charge is 0.382 e. The highest BCUT2D eigenvalue weighted by molar-refractivity contribution is 5.44. The van der Waals surface area contributed by atoms with E-state index >= 15 is 0 Å². The van der Waals surface area contributed by atoms with Gasteiger partial charge in [0.2, 0.25) is 0 Å². The highest BCUT2D eigenvalue weighted by Gasteiger charge is 2.35. The van der Waals surface area contributed by atoms with Crippen LogP contribution in [0.4, 0.5) is 5.69 Å². The Kier molecular flexibility index (Phi) is 1.83. The predicted molar refractivity (Wildman–Crippen MR) is 59.2 cm³/mol. The van der Waals surface area contributed by atoms with Crippen LogP contribution in [0.2, 0.25) is 0 Å². The number of allylic oxidation sites excluding steroid dienone is 1. The average molecular weight is 185 g/mol. The monoisotopic (exact) mass is 185 g/mol. The number of nitrogens with one attached hydrogen (secondary N) is 1. The lowest BCUT2D eigenvalue weighted by molar-refractivity contribution is 0.615. The fraction of sp³-hybridized carbons (Fsp3) is 0.385. The summed E-state index contributed by atoms with van der Waals surface area (Å²) in [6.07, 6.45) is 7.45. The molecule has 14 heavy (non-hydrogen) atoms. The number of para-hydroxylation sites is 1. The van der Waals surface area contributed by atoms with Crippen LogP contribution in [-0.2, 0) is 0 Å². The molecule has 3 rings (SSSR count). The van der Waals surface area contributed by atoms with E-state index in [1.807, 2.05) is 0 Å². The Morgan fingerprint density at radius 1 is 1.00 bits per heavy atom. The van der Waals surface area contributed by atoms with Crippen LogP contribution in [-0.4, -0.2) is 6.04 Å². The van der Waals surface area contributed by atoms with Gasteiger partial charge in [-0.05, 0) is 36.8 Å². The summed E-state index contributed by atoms with van der Waals surface area (Å²) in [6.45, 7) is 0. The molecular weight excluding hydrogens is 170 g/mol. The quantitative estimate of drug-likeness (QED) is 0.698. The molecule has 1 fully saturated rings. The van der Waals surface area contributed by atoms with Gasteiger partial charge in [0.15, 0.2) is 0 Å². The second-order valence-corrected chi connectivity index (χ2v) is 4.40. The number of hydrogen-bond acceptors (Lipinski definition) is 1. The zero-order chi connectivity index (χ0) is 9.38. The maximum atomic E-state index is 3.62. The van der Waals surface area contributed by atoms with Gasteiger partial charge >= 0.3 is 0 Å². The molecular formula is C13H15N. The molecule has 1 nitrogen and oxygen atoms in total. The molecule has 1 aromatic carbocycles. The number of hydrogen-bond donors (Lipinski definition) is 1. The van der Waals surface area contributed by atoms with Gasteiger partial charge in [0, 0.05) is 11.7 Å². The molecule has 3 unspecified atom stereocenters. The average Bonchev–Trinajstić information content (AvgIpc) is 2.81. The van der Waals surface area contributed by atoms with Crippen LogP contribution in [0.1, 0.15) is 12.8 Å². The Balaban J connectivity index is 1.72. The van der Waals surface area contributed by atoms with Gasteiger partial charge in [0.1, 0.15) is 0 Å². The van der Waals surface area contributed by atoms with Gasteiger partial charge in [-0.25, -0.2) is 0 Å². The summed E-state index contributed by atoms with van der Waals surface area (Å²) < 4.78 is 0. The van der Waals surface area contributed by atoms with E-state index in [2.05, 4.69) is 47.8 Å². The molecule has 1 aromatic rings. The summed E-state index contributed by atoms with van der Waals surface area (Å²) in [7, 11) is 0. The van der Waals surface area contributed by atoms with E-state index < -0.39 is 0 Å². The lowest BCUT2D eigenvalue weighted by Gasteiger charge is -2.20. The van der Waals surface area contributed by atoms with E-state index in [4.69, 9.17) is 0 Å². The molecule has 1 saturated carbocycles. The van der Waals surface area contributed by atoms with Gasteiger partial charge in [-0.1, -0.05) is 30.4 Å². The lowest BCUT2D eigenvalue weighted by Crippen LogP contribution is -2.23. The molecule has 0 saturated heterocycles. The minimum absolute atomic E-state index is 0.674. The lowest BCUT2D eigenvalue weighted by atomic mass is 10.0. The number of rotatable bonds is 2. The van der Waals surface area contributed by atoms with Gasteiger partial charge in [0.05, 0.1) is 0 Å².